The van der Waals surface area contributed by atoms with Crippen LogP contribution in [0.3, 0.4) is 0 Å². The number of hydrogen-bond acceptors (Lipinski definition) is 2. The summed E-state index contributed by atoms with van der Waals surface area (Å²) >= 11 is 0. The van der Waals surface area contributed by atoms with Gasteiger partial charge in [-0.2, -0.15) is 0 Å². The first-order valence-corrected chi connectivity index (χ1v) is 16.4. The molecule has 9 rings (SSSR count). The second-order valence-corrected chi connectivity index (χ2v) is 12.1. The van der Waals surface area contributed by atoms with Gasteiger partial charge in [-0.3, -0.25) is 0 Å². The van der Waals surface area contributed by atoms with E-state index >= 15 is 0 Å². The molecule has 0 aliphatic heterocycles. The highest BCUT2D eigenvalue weighted by atomic mass is 16.3. The zero-order chi connectivity index (χ0) is 31.9. The molecule has 9 aromatic rings. The first-order valence-electron chi connectivity index (χ1n) is 16.4. The molecule has 0 radical (unpaired) electrons. The quantitative estimate of drug-likeness (QED) is 0.185. The van der Waals surface area contributed by atoms with E-state index in [2.05, 4.69) is 193 Å². The van der Waals surface area contributed by atoms with Gasteiger partial charge in [0.2, 0.25) is 0 Å². The molecule has 1 heterocycles. The van der Waals surface area contributed by atoms with Crippen LogP contribution in [-0.4, -0.2) is 0 Å². The van der Waals surface area contributed by atoms with Gasteiger partial charge in [-0.1, -0.05) is 152 Å². The fourth-order valence-corrected chi connectivity index (χ4v) is 7.06. The van der Waals surface area contributed by atoms with E-state index in [-0.39, 0.29) is 0 Å². The number of nitrogens with zero attached hydrogens (tertiary/aromatic N) is 1. The van der Waals surface area contributed by atoms with Crippen molar-refractivity contribution in [2.75, 3.05) is 4.90 Å². The van der Waals surface area contributed by atoms with E-state index in [1.165, 1.54) is 27.8 Å². The van der Waals surface area contributed by atoms with Gasteiger partial charge in [0.15, 0.2) is 0 Å². The van der Waals surface area contributed by atoms with Crippen molar-refractivity contribution < 1.29 is 4.42 Å². The molecule has 0 unspecified atom stereocenters. The van der Waals surface area contributed by atoms with Crippen LogP contribution in [0.5, 0.6) is 0 Å². The van der Waals surface area contributed by atoms with Crippen molar-refractivity contribution >= 4 is 49.8 Å². The third kappa shape index (κ3) is 4.74. The van der Waals surface area contributed by atoms with Gasteiger partial charge in [-0.25, -0.2) is 0 Å². The van der Waals surface area contributed by atoms with E-state index in [0.29, 0.717) is 0 Å². The van der Waals surface area contributed by atoms with Gasteiger partial charge >= 0.3 is 0 Å². The lowest BCUT2D eigenvalue weighted by Crippen LogP contribution is -2.10. The summed E-state index contributed by atoms with van der Waals surface area (Å²) in [6.45, 7) is 0. The normalized spacial score (nSPS) is 11.3. The summed E-state index contributed by atoms with van der Waals surface area (Å²) in [5.41, 5.74) is 12.2. The van der Waals surface area contributed by atoms with Gasteiger partial charge < -0.3 is 9.32 Å². The highest BCUT2D eigenvalue weighted by Crippen LogP contribution is 2.47. The summed E-state index contributed by atoms with van der Waals surface area (Å²) in [5.74, 6) is 0. The topological polar surface area (TPSA) is 16.4 Å². The number of fused-ring (bicyclic) bond motifs is 5. The van der Waals surface area contributed by atoms with Gasteiger partial charge in [0.05, 0.1) is 5.69 Å². The van der Waals surface area contributed by atoms with Crippen LogP contribution in [-0.2, 0) is 0 Å². The fourth-order valence-electron chi connectivity index (χ4n) is 7.06. The Labute approximate surface area is 279 Å². The van der Waals surface area contributed by atoms with Gasteiger partial charge in [0.25, 0.3) is 0 Å². The minimum atomic E-state index is 0.881. The number of hydrogen-bond donors (Lipinski definition) is 0. The molecule has 8 aromatic carbocycles. The lowest BCUT2D eigenvalue weighted by Gasteiger charge is -2.27. The zero-order valence-corrected chi connectivity index (χ0v) is 26.3. The van der Waals surface area contributed by atoms with Crippen molar-refractivity contribution in [2.24, 2.45) is 0 Å². The SMILES string of the molecule is c1ccc(-c2ccc(N(c3ccccc3)c3cc4c(oc5cccc(-c6ccccc6-c6ccccc6)c54)c4ccccc34)cc2)cc1. The zero-order valence-electron chi connectivity index (χ0n) is 26.3. The van der Waals surface area contributed by atoms with Crippen LogP contribution in [0.1, 0.15) is 0 Å². The summed E-state index contributed by atoms with van der Waals surface area (Å²) in [6, 6.07) is 66.7. The predicted molar refractivity (Wildman–Crippen MR) is 202 cm³/mol. The molecule has 0 aliphatic carbocycles. The second-order valence-electron chi connectivity index (χ2n) is 12.1. The molecule has 1 aromatic heterocycles. The van der Waals surface area contributed by atoms with Crippen LogP contribution in [0.4, 0.5) is 17.1 Å². The summed E-state index contributed by atoms with van der Waals surface area (Å²) in [7, 11) is 0. The number of furan rings is 1. The first kappa shape index (κ1) is 27.9. The van der Waals surface area contributed by atoms with Crippen LogP contribution in [0, 0.1) is 0 Å². The Balaban J connectivity index is 1.31. The maximum Gasteiger partial charge on any atom is 0.143 e. The lowest BCUT2D eigenvalue weighted by atomic mass is 9.91. The Kier molecular flexibility index (Phi) is 6.84. The maximum absolute atomic E-state index is 6.77. The van der Waals surface area contributed by atoms with Crippen molar-refractivity contribution in [1.82, 2.24) is 0 Å². The Hall–Kier alpha value is -6.38. The smallest absolute Gasteiger partial charge is 0.143 e. The molecular weight excluding hydrogens is 583 g/mol. The summed E-state index contributed by atoms with van der Waals surface area (Å²) < 4.78 is 6.77. The number of anilines is 3. The van der Waals surface area contributed by atoms with E-state index in [9.17, 15) is 0 Å². The highest BCUT2D eigenvalue weighted by molar-refractivity contribution is 6.23. The average Bonchev–Trinajstić information content (AvgIpc) is 3.56. The molecule has 0 N–H and O–H groups in total. The van der Waals surface area contributed by atoms with Crippen LogP contribution < -0.4 is 4.90 Å². The molecule has 0 atom stereocenters. The van der Waals surface area contributed by atoms with E-state index in [4.69, 9.17) is 4.42 Å². The molecule has 0 spiro atoms. The molecule has 226 valence electrons. The van der Waals surface area contributed by atoms with Crippen molar-refractivity contribution in [2.45, 2.75) is 0 Å². The van der Waals surface area contributed by atoms with Gasteiger partial charge in [-0.05, 0) is 69.8 Å². The van der Waals surface area contributed by atoms with Crippen molar-refractivity contribution in [3.63, 3.8) is 0 Å². The molecule has 0 amide bonds. The molecule has 48 heavy (non-hydrogen) atoms. The third-order valence-corrected chi connectivity index (χ3v) is 9.27. The Bertz CT molecular complexity index is 2530. The standard InChI is InChI=1S/C46H31NO/c1-4-15-32(16-5-1)33-27-29-36(30-28-33)47(35-19-8-3-9-20-35)43-31-42-45-40(38-22-11-10-21-37(38)34-17-6-2-7-18-34)25-14-26-44(45)48-46(42)41-24-13-12-23-39(41)43/h1-31H. The van der Waals surface area contributed by atoms with Crippen LogP contribution >= 0.6 is 0 Å². The number of benzene rings is 8. The highest BCUT2D eigenvalue weighted by Gasteiger charge is 2.22. The minimum absolute atomic E-state index is 0.881. The largest absolute Gasteiger partial charge is 0.455 e. The third-order valence-electron chi connectivity index (χ3n) is 9.27. The van der Waals surface area contributed by atoms with Gasteiger partial charge in [-0.15, -0.1) is 0 Å². The molecule has 0 saturated carbocycles. The maximum atomic E-state index is 6.77. The molecular formula is C46H31NO. The van der Waals surface area contributed by atoms with Crippen LogP contribution in [0.25, 0.3) is 66.1 Å². The first-order chi connectivity index (χ1) is 23.8. The van der Waals surface area contributed by atoms with E-state index in [1.54, 1.807) is 0 Å². The monoisotopic (exact) mass is 613 g/mol. The Morgan fingerprint density at radius 1 is 0.354 bits per heavy atom. The second kappa shape index (κ2) is 11.8. The average molecular weight is 614 g/mol. The molecule has 0 saturated heterocycles. The summed E-state index contributed by atoms with van der Waals surface area (Å²) in [5, 5.41) is 4.44. The van der Waals surface area contributed by atoms with Crippen LogP contribution in [0.2, 0.25) is 0 Å². The molecule has 2 nitrogen and oxygen atoms in total. The van der Waals surface area contributed by atoms with E-state index in [0.717, 1.165) is 55.3 Å². The molecule has 0 bridgehead atoms. The fraction of sp³-hybridized carbons (Fsp3) is 0. The molecule has 0 aliphatic rings. The Morgan fingerprint density at radius 2 is 0.896 bits per heavy atom. The van der Waals surface area contributed by atoms with Crippen molar-refractivity contribution in [3.05, 3.63) is 188 Å². The lowest BCUT2D eigenvalue weighted by molar-refractivity contribution is 0.673. The van der Waals surface area contributed by atoms with Crippen LogP contribution in [0.15, 0.2) is 192 Å². The summed E-state index contributed by atoms with van der Waals surface area (Å²) in [6.07, 6.45) is 0. The van der Waals surface area contributed by atoms with E-state index < -0.39 is 0 Å². The minimum Gasteiger partial charge on any atom is -0.455 e. The molecule has 2 heteroatoms. The molecule has 0 fully saturated rings. The number of para-hydroxylation sites is 1. The van der Waals surface area contributed by atoms with E-state index in [1.807, 2.05) is 0 Å². The van der Waals surface area contributed by atoms with Gasteiger partial charge in [0.1, 0.15) is 11.2 Å². The Morgan fingerprint density at radius 3 is 1.62 bits per heavy atom. The van der Waals surface area contributed by atoms with Crippen molar-refractivity contribution in [1.29, 1.82) is 0 Å². The van der Waals surface area contributed by atoms with Gasteiger partial charge in [0, 0.05) is 32.9 Å². The number of rotatable bonds is 6. The van der Waals surface area contributed by atoms with Crippen molar-refractivity contribution in [3.8, 4) is 33.4 Å². The summed E-state index contributed by atoms with van der Waals surface area (Å²) in [4.78, 5) is 2.37. The predicted octanol–water partition coefficient (Wildman–Crippen LogP) is 13.2.